The Balaban J connectivity index is 1.56. The van der Waals surface area contributed by atoms with Crippen molar-refractivity contribution in [2.75, 3.05) is 19.0 Å². The van der Waals surface area contributed by atoms with Crippen LogP contribution in [0, 0.1) is 0 Å². The highest BCUT2D eigenvalue weighted by molar-refractivity contribution is 9.10. The molecule has 1 aliphatic heterocycles. The molecule has 0 aromatic heterocycles. The third-order valence-corrected chi connectivity index (χ3v) is 5.85. The molecule has 7 nitrogen and oxygen atoms in total. The van der Waals surface area contributed by atoms with E-state index in [1.807, 2.05) is 18.2 Å². The van der Waals surface area contributed by atoms with Gasteiger partial charge in [0.05, 0.1) is 7.11 Å². The molecule has 1 spiro atoms. The highest BCUT2D eigenvalue weighted by atomic mass is 79.9. The average molecular weight is 458 g/mol. The number of carbonyl (C=O) groups is 3. The van der Waals surface area contributed by atoms with Crippen molar-refractivity contribution in [2.45, 2.75) is 24.8 Å². The number of imide groups is 1. The number of benzene rings is 2. The fourth-order valence-corrected chi connectivity index (χ4v) is 4.43. The second-order valence-corrected chi connectivity index (χ2v) is 8.08. The van der Waals surface area contributed by atoms with Crippen molar-refractivity contribution >= 4 is 39.5 Å². The molecule has 2 aromatic carbocycles. The molecular weight excluding hydrogens is 438 g/mol. The Kier molecular flexibility index (Phi) is 5.04. The number of hydrogen-bond donors (Lipinski definition) is 2. The molecule has 1 heterocycles. The van der Waals surface area contributed by atoms with Crippen molar-refractivity contribution in [3.63, 3.8) is 0 Å². The number of nitrogens with zero attached hydrogens (tertiary/aromatic N) is 1. The van der Waals surface area contributed by atoms with Gasteiger partial charge >= 0.3 is 6.03 Å². The molecule has 8 heteroatoms. The maximum Gasteiger partial charge on any atom is 0.325 e. The molecule has 2 N–H and O–H groups in total. The number of ether oxygens (including phenoxy) is 1. The number of fused-ring (bicyclic) bond motifs is 2. The molecule has 0 unspecified atom stereocenters. The summed E-state index contributed by atoms with van der Waals surface area (Å²) in [6.45, 7) is -0.343. The summed E-state index contributed by atoms with van der Waals surface area (Å²) in [5, 5.41) is 5.57. The minimum Gasteiger partial charge on any atom is -0.497 e. The Labute approximate surface area is 176 Å². The number of anilines is 1. The molecule has 0 radical (unpaired) electrons. The van der Waals surface area contributed by atoms with Crippen LogP contribution in [-0.4, -0.2) is 36.4 Å². The summed E-state index contributed by atoms with van der Waals surface area (Å²) >= 11 is 3.34. The van der Waals surface area contributed by atoms with E-state index in [0.717, 1.165) is 33.3 Å². The first-order valence-corrected chi connectivity index (χ1v) is 10.1. The third kappa shape index (κ3) is 3.48. The number of rotatable bonds is 4. The summed E-state index contributed by atoms with van der Waals surface area (Å²) < 4.78 is 6.10. The Hall–Kier alpha value is -2.87. The largest absolute Gasteiger partial charge is 0.497 e. The minimum atomic E-state index is -1.12. The van der Waals surface area contributed by atoms with Gasteiger partial charge in [-0.25, -0.2) is 4.79 Å². The molecule has 1 atom stereocenters. The van der Waals surface area contributed by atoms with Crippen LogP contribution >= 0.6 is 15.9 Å². The van der Waals surface area contributed by atoms with Crippen LogP contribution in [0.4, 0.5) is 10.5 Å². The van der Waals surface area contributed by atoms with E-state index in [2.05, 4.69) is 26.6 Å². The highest BCUT2D eigenvalue weighted by Gasteiger charge is 2.54. The molecule has 150 valence electrons. The van der Waals surface area contributed by atoms with Gasteiger partial charge in [-0.2, -0.15) is 0 Å². The molecular formula is C21H20BrN3O4. The Morgan fingerprint density at radius 3 is 2.86 bits per heavy atom. The van der Waals surface area contributed by atoms with E-state index in [1.165, 1.54) is 0 Å². The van der Waals surface area contributed by atoms with Crippen LogP contribution in [0.15, 0.2) is 46.9 Å². The summed E-state index contributed by atoms with van der Waals surface area (Å²) in [6, 6.07) is 12.1. The minimum absolute atomic E-state index is 0.343. The number of nitrogens with one attached hydrogen (secondary N) is 2. The van der Waals surface area contributed by atoms with Crippen LogP contribution < -0.4 is 15.4 Å². The average Bonchev–Trinajstić information content (AvgIpc) is 2.92. The van der Waals surface area contributed by atoms with Gasteiger partial charge in [0.2, 0.25) is 5.91 Å². The standard InChI is InChI=1S/C21H20BrN3O4/c1-29-16-7-8-17-13(10-16)4-3-9-21(17)19(27)25(20(28)24-21)12-18(26)23-15-6-2-5-14(22)11-15/h2,5-8,10-11H,3-4,9,12H2,1H3,(H,23,26)(H,24,28)/t21-/m0/s1. The summed E-state index contributed by atoms with van der Waals surface area (Å²) in [7, 11) is 1.59. The number of hydrogen-bond acceptors (Lipinski definition) is 4. The number of urea groups is 1. The maximum absolute atomic E-state index is 13.3. The van der Waals surface area contributed by atoms with Crippen LogP contribution in [0.3, 0.4) is 0 Å². The second kappa shape index (κ2) is 7.51. The Morgan fingerprint density at radius 2 is 2.10 bits per heavy atom. The smallest absolute Gasteiger partial charge is 0.325 e. The Bertz CT molecular complexity index is 1010. The fourth-order valence-electron chi connectivity index (χ4n) is 4.03. The summed E-state index contributed by atoms with van der Waals surface area (Å²) in [5.41, 5.74) is 1.22. The van der Waals surface area contributed by atoms with Gasteiger partial charge in [0.1, 0.15) is 17.8 Å². The molecule has 4 amide bonds. The van der Waals surface area contributed by atoms with Crippen molar-refractivity contribution in [3.8, 4) is 5.75 Å². The molecule has 1 saturated heterocycles. The van der Waals surface area contributed by atoms with Gasteiger partial charge in [0.25, 0.3) is 5.91 Å². The normalized spacial score (nSPS) is 20.4. The molecule has 1 fully saturated rings. The van der Waals surface area contributed by atoms with Gasteiger partial charge in [-0.1, -0.05) is 28.1 Å². The Morgan fingerprint density at radius 1 is 1.28 bits per heavy atom. The van der Waals surface area contributed by atoms with E-state index in [1.54, 1.807) is 31.4 Å². The van der Waals surface area contributed by atoms with Crippen molar-refractivity contribution in [3.05, 3.63) is 58.1 Å². The van der Waals surface area contributed by atoms with E-state index in [0.29, 0.717) is 17.9 Å². The van der Waals surface area contributed by atoms with Crippen LogP contribution in [0.5, 0.6) is 5.75 Å². The predicted octanol–water partition coefficient (Wildman–Crippen LogP) is 3.18. The first-order valence-electron chi connectivity index (χ1n) is 9.30. The lowest BCUT2D eigenvalue weighted by Gasteiger charge is -2.33. The van der Waals surface area contributed by atoms with Crippen molar-refractivity contribution in [1.82, 2.24) is 10.2 Å². The monoisotopic (exact) mass is 457 g/mol. The predicted molar refractivity (Wildman–Crippen MR) is 111 cm³/mol. The topological polar surface area (TPSA) is 87.7 Å². The van der Waals surface area contributed by atoms with E-state index >= 15 is 0 Å². The van der Waals surface area contributed by atoms with Crippen molar-refractivity contribution in [2.24, 2.45) is 0 Å². The second-order valence-electron chi connectivity index (χ2n) is 7.16. The number of halogens is 1. The van der Waals surface area contributed by atoms with Gasteiger partial charge < -0.3 is 15.4 Å². The highest BCUT2D eigenvalue weighted by Crippen LogP contribution is 2.41. The van der Waals surface area contributed by atoms with Crippen LogP contribution in [0.25, 0.3) is 0 Å². The zero-order valence-electron chi connectivity index (χ0n) is 15.8. The fraction of sp³-hybridized carbons (Fsp3) is 0.286. The quantitative estimate of drug-likeness (QED) is 0.690. The lowest BCUT2D eigenvalue weighted by atomic mass is 9.76. The van der Waals surface area contributed by atoms with Crippen LogP contribution in [0.1, 0.15) is 24.0 Å². The molecule has 29 heavy (non-hydrogen) atoms. The van der Waals surface area contributed by atoms with Crippen molar-refractivity contribution < 1.29 is 19.1 Å². The molecule has 2 aliphatic rings. The molecule has 0 bridgehead atoms. The van der Waals surface area contributed by atoms with E-state index < -0.39 is 23.4 Å². The number of methoxy groups -OCH3 is 1. The first kappa shape index (κ1) is 19.4. The lowest BCUT2D eigenvalue weighted by molar-refractivity contribution is -0.134. The number of aryl methyl sites for hydroxylation is 1. The SMILES string of the molecule is COc1ccc2c(c1)CCC[C@]21NC(=O)N(CC(=O)Nc2cccc(Br)c2)C1=O. The van der Waals surface area contributed by atoms with Crippen LogP contribution in [-0.2, 0) is 21.5 Å². The molecule has 1 aliphatic carbocycles. The maximum atomic E-state index is 13.3. The molecule has 2 aromatic rings. The van der Waals surface area contributed by atoms with E-state index in [4.69, 9.17) is 4.74 Å². The van der Waals surface area contributed by atoms with Gasteiger partial charge in [0, 0.05) is 10.2 Å². The first-order chi connectivity index (χ1) is 13.9. The molecule has 0 saturated carbocycles. The molecule has 4 rings (SSSR count). The van der Waals surface area contributed by atoms with Crippen LogP contribution in [0.2, 0.25) is 0 Å². The third-order valence-electron chi connectivity index (χ3n) is 5.36. The van der Waals surface area contributed by atoms with Gasteiger partial charge in [0.15, 0.2) is 0 Å². The van der Waals surface area contributed by atoms with Gasteiger partial charge in [-0.3, -0.25) is 14.5 Å². The van der Waals surface area contributed by atoms with E-state index in [-0.39, 0.29) is 6.54 Å². The summed E-state index contributed by atoms with van der Waals surface area (Å²) in [4.78, 5) is 39.3. The summed E-state index contributed by atoms with van der Waals surface area (Å²) in [5.74, 6) is -0.116. The summed E-state index contributed by atoms with van der Waals surface area (Å²) in [6.07, 6.45) is 2.06. The zero-order chi connectivity index (χ0) is 20.6. The van der Waals surface area contributed by atoms with Gasteiger partial charge in [-0.15, -0.1) is 0 Å². The number of carbonyl (C=O) groups excluding carboxylic acids is 3. The van der Waals surface area contributed by atoms with Gasteiger partial charge in [-0.05, 0) is 60.7 Å². The zero-order valence-corrected chi connectivity index (χ0v) is 17.4. The van der Waals surface area contributed by atoms with Crippen molar-refractivity contribution in [1.29, 1.82) is 0 Å². The lowest BCUT2D eigenvalue weighted by Crippen LogP contribution is -2.47. The number of amides is 4. The van der Waals surface area contributed by atoms with E-state index in [9.17, 15) is 14.4 Å².